The number of nitrogens with two attached hydrogens (primary N) is 1. The number of anilines is 1. The lowest BCUT2D eigenvalue weighted by Crippen LogP contribution is -2.46. The van der Waals surface area contributed by atoms with Crippen LogP contribution in [0.1, 0.15) is 36.9 Å². The summed E-state index contributed by atoms with van der Waals surface area (Å²) in [6, 6.07) is 19.7. The number of hydrogen-bond acceptors (Lipinski definition) is 6. The quantitative estimate of drug-likeness (QED) is 0.441. The van der Waals surface area contributed by atoms with Crippen molar-refractivity contribution in [2.24, 2.45) is 5.73 Å². The van der Waals surface area contributed by atoms with E-state index in [1.165, 1.54) is 17.0 Å². The minimum Gasteiger partial charge on any atom is -0.494 e. The summed E-state index contributed by atoms with van der Waals surface area (Å²) in [5.41, 5.74) is 7.62. The van der Waals surface area contributed by atoms with Gasteiger partial charge in [0.05, 0.1) is 34.7 Å². The molecule has 0 aliphatic carbocycles. The molecule has 0 radical (unpaired) electrons. The van der Waals surface area contributed by atoms with E-state index in [4.69, 9.17) is 10.5 Å². The maximum absolute atomic E-state index is 13.5. The molecular weight excluding hydrogens is 490 g/mol. The van der Waals surface area contributed by atoms with Gasteiger partial charge in [-0.25, -0.2) is 8.42 Å². The normalized spacial score (nSPS) is 17.4. The maximum atomic E-state index is 13.5. The summed E-state index contributed by atoms with van der Waals surface area (Å²) in [6.45, 7) is 3.94. The molecule has 1 fully saturated rings. The van der Waals surface area contributed by atoms with Crippen molar-refractivity contribution in [3.8, 4) is 5.75 Å². The fourth-order valence-corrected chi connectivity index (χ4v) is 6.23. The van der Waals surface area contributed by atoms with Crippen molar-refractivity contribution in [2.45, 2.75) is 48.6 Å². The first kappa shape index (κ1) is 26.2. The van der Waals surface area contributed by atoms with Crippen LogP contribution in [0.15, 0.2) is 82.6 Å². The van der Waals surface area contributed by atoms with Gasteiger partial charge in [-0.05, 0) is 74.2 Å². The third kappa shape index (κ3) is 5.61. The van der Waals surface area contributed by atoms with Gasteiger partial charge in [0.1, 0.15) is 11.8 Å². The number of carbonyl (C=O) groups is 2. The number of likely N-dealkylation sites (tertiary alicyclic amines) is 1. The lowest BCUT2D eigenvalue weighted by molar-refractivity contribution is -0.138. The van der Waals surface area contributed by atoms with E-state index in [0.717, 1.165) is 11.1 Å². The Kier molecular flexibility index (Phi) is 7.83. The highest BCUT2D eigenvalue weighted by Crippen LogP contribution is 2.36. The Hall–Kier alpha value is -3.85. The smallest absolute Gasteiger partial charge is 0.243 e. The Morgan fingerprint density at radius 1 is 1.03 bits per heavy atom. The summed E-state index contributed by atoms with van der Waals surface area (Å²) in [7, 11) is -3.89. The first-order chi connectivity index (χ1) is 17.7. The molecule has 2 unspecified atom stereocenters. The Bertz CT molecular complexity index is 1370. The minimum atomic E-state index is -3.89. The van der Waals surface area contributed by atoms with Crippen molar-refractivity contribution < 1.29 is 22.7 Å². The molecule has 9 heteroatoms. The molecule has 1 aliphatic heterocycles. The Morgan fingerprint density at radius 3 is 2.38 bits per heavy atom. The second kappa shape index (κ2) is 11.0. The monoisotopic (exact) mass is 521 g/mol. The molecule has 3 aromatic carbocycles. The van der Waals surface area contributed by atoms with Crippen LogP contribution in [0.3, 0.4) is 0 Å². The van der Waals surface area contributed by atoms with Gasteiger partial charge in [-0.15, -0.1) is 0 Å². The molecule has 8 nitrogen and oxygen atoms in total. The molecule has 0 bridgehead atoms. The highest BCUT2D eigenvalue weighted by atomic mass is 32.2. The van der Waals surface area contributed by atoms with Crippen LogP contribution in [0, 0.1) is 6.92 Å². The third-order valence-electron chi connectivity index (χ3n) is 6.49. The molecule has 2 atom stereocenters. The number of benzene rings is 3. The van der Waals surface area contributed by atoms with Gasteiger partial charge in [0.25, 0.3) is 0 Å². The first-order valence-corrected chi connectivity index (χ1v) is 13.7. The van der Waals surface area contributed by atoms with Gasteiger partial charge in [0, 0.05) is 0 Å². The van der Waals surface area contributed by atoms with Crippen LogP contribution in [0.25, 0.3) is 0 Å². The molecular formula is C28H31N3O5S. The van der Waals surface area contributed by atoms with Gasteiger partial charge in [-0.3, -0.25) is 9.59 Å². The number of primary amides is 1. The number of carbonyl (C=O) groups excluding carboxylic acids is 2. The predicted octanol–water partition coefficient (Wildman–Crippen LogP) is 3.86. The van der Waals surface area contributed by atoms with Crippen LogP contribution >= 0.6 is 0 Å². The summed E-state index contributed by atoms with van der Waals surface area (Å²) < 4.78 is 32.5. The van der Waals surface area contributed by atoms with Crippen LogP contribution in [0.5, 0.6) is 5.75 Å². The molecule has 1 saturated heterocycles. The average molecular weight is 522 g/mol. The van der Waals surface area contributed by atoms with Crippen LogP contribution in [-0.2, 0) is 19.4 Å². The minimum absolute atomic E-state index is 0.0666. The van der Waals surface area contributed by atoms with Gasteiger partial charge in [0.2, 0.25) is 21.7 Å². The fraction of sp³-hybridized carbons (Fsp3) is 0.286. The topological polar surface area (TPSA) is 119 Å². The van der Waals surface area contributed by atoms with Crippen molar-refractivity contribution in [1.29, 1.82) is 0 Å². The van der Waals surface area contributed by atoms with Crippen molar-refractivity contribution in [3.05, 3.63) is 83.9 Å². The molecule has 0 saturated carbocycles. The third-order valence-corrected chi connectivity index (χ3v) is 8.30. The summed E-state index contributed by atoms with van der Waals surface area (Å²) in [5.74, 6) is -0.307. The first-order valence-electron chi connectivity index (χ1n) is 12.2. The second-order valence-corrected chi connectivity index (χ2v) is 10.9. The van der Waals surface area contributed by atoms with E-state index < -0.39 is 21.8 Å². The van der Waals surface area contributed by atoms with Crippen LogP contribution < -0.4 is 15.8 Å². The fourth-order valence-electron chi connectivity index (χ4n) is 4.71. The Labute approximate surface area is 217 Å². The van der Waals surface area contributed by atoms with Gasteiger partial charge in [-0.1, -0.05) is 36.4 Å². The maximum Gasteiger partial charge on any atom is 0.243 e. The lowest BCUT2D eigenvalue weighted by Gasteiger charge is -2.29. The predicted molar refractivity (Wildman–Crippen MR) is 141 cm³/mol. The number of sulfone groups is 1. The highest BCUT2D eigenvalue weighted by molar-refractivity contribution is 7.91. The highest BCUT2D eigenvalue weighted by Gasteiger charge is 2.40. The molecule has 194 valence electrons. The molecule has 0 spiro atoms. The summed E-state index contributed by atoms with van der Waals surface area (Å²) in [4.78, 5) is 27.3. The van der Waals surface area contributed by atoms with E-state index >= 15 is 0 Å². The Morgan fingerprint density at radius 2 is 1.73 bits per heavy atom. The number of ether oxygens (including phenoxy) is 1. The van der Waals surface area contributed by atoms with E-state index in [1.54, 1.807) is 37.3 Å². The lowest BCUT2D eigenvalue weighted by atomic mass is 10.0. The Balaban J connectivity index is 1.59. The summed E-state index contributed by atoms with van der Waals surface area (Å²) >= 11 is 0. The van der Waals surface area contributed by atoms with Crippen molar-refractivity contribution >= 4 is 27.3 Å². The molecule has 0 aromatic heterocycles. The SMILES string of the molecule is CCOc1ccc(S(=O)(=O)c2cc(C)ccc2NCC(=O)N2C(C(N)=O)CCC2c2ccccc2)cc1. The zero-order valence-electron chi connectivity index (χ0n) is 20.9. The molecule has 2 amide bonds. The van der Waals surface area contributed by atoms with E-state index in [2.05, 4.69) is 5.32 Å². The molecule has 1 heterocycles. The van der Waals surface area contributed by atoms with Gasteiger partial charge in [-0.2, -0.15) is 0 Å². The molecule has 3 N–H and O–H groups in total. The summed E-state index contributed by atoms with van der Waals surface area (Å²) in [5, 5.41) is 3.01. The number of nitrogens with one attached hydrogen (secondary N) is 1. The largest absolute Gasteiger partial charge is 0.494 e. The van der Waals surface area contributed by atoms with Crippen LogP contribution in [0.4, 0.5) is 5.69 Å². The molecule has 3 aromatic rings. The van der Waals surface area contributed by atoms with E-state index in [1.807, 2.05) is 37.3 Å². The van der Waals surface area contributed by atoms with Crippen molar-refractivity contribution in [1.82, 2.24) is 4.90 Å². The van der Waals surface area contributed by atoms with Gasteiger partial charge < -0.3 is 20.7 Å². The molecule has 1 aliphatic rings. The van der Waals surface area contributed by atoms with Crippen molar-refractivity contribution in [3.63, 3.8) is 0 Å². The van der Waals surface area contributed by atoms with Gasteiger partial charge >= 0.3 is 0 Å². The zero-order chi connectivity index (χ0) is 26.6. The van der Waals surface area contributed by atoms with E-state index in [9.17, 15) is 18.0 Å². The number of hydrogen-bond donors (Lipinski definition) is 2. The number of amides is 2. The van der Waals surface area contributed by atoms with Crippen LogP contribution in [-0.4, -0.2) is 44.3 Å². The van der Waals surface area contributed by atoms with Crippen LogP contribution in [0.2, 0.25) is 0 Å². The number of nitrogens with zero attached hydrogens (tertiary/aromatic N) is 1. The average Bonchev–Trinajstić information content (AvgIpc) is 3.35. The summed E-state index contributed by atoms with van der Waals surface area (Å²) in [6.07, 6.45) is 1.09. The number of aryl methyl sites for hydroxylation is 1. The van der Waals surface area contributed by atoms with Gasteiger partial charge in [0.15, 0.2) is 0 Å². The van der Waals surface area contributed by atoms with E-state index in [-0.39, 0.29) is 28.3 Å². The molecule has 4 rings (SSSR count). The molecule has 37 heavy (non-hydrogen) atoms. The zero-order valence-corrected chi connectivity index (χ0v) is 21.7. The number of rotatable bonds is 9. The standard InChI is InChI=1S/C28H31N3O5S/c1-3-36-21-10-12-22(13-11-21)37(34,35)26-17-19(2)9-14-23(26)30-18-27(32)31-24(15-16-25(31)28(29)33)20-7-5-4-6-8-20/h4-14,17,24-25,30H,3,15-16,18H2,1-2H3,(H2,29,33). The van der Waals surface area contributed by atoms with E-state index in [0.29, 0.717) is 30.9 Å². The second-order valence-electron chi connectivity index (χ2n) is 8.98. The van der Waals surface area contributed by atoms with Crippen molar-refractivity contribution in [2.75, 3.05) is 18.5 Å².